The second-order valence-corrected chi connectivity index (χ2v) is 9.95. The van der Waals surface area contributed by atoms with Crippen LogP contribution in [0.15, 0.2) is 46.6 Å². The first kappa shape index (κ1) is 29.1. The molecule has 174 valence electrons. The third-order valence-electron chi connectivity index (χ3n) is 5.17. The van der Waals surface area contributed by atoms with E-state index in [0.29, 0.717) is 12.3 Å². The van der Waals surface area contributed by atoms with Crippen LogP contribution in [0.3, 0.4) is 0 Å². The Morgan fingerprint density at radius 2 is 1.20 bits per heavy atom. The lowest BCUT2D eigenvalue weighted by Gasteiger charge is -2.29. The van der Waals surface area contributed by atoms with E-state index in [-0.39, 0.29) is 6.61 Å². The lowest BCUT2D eigenvalue weighted by molar-refractivity contribution is -0.341. The largest absolute Gasteiger partial charge is 0.790 e. The van der Waals surface area contributed by atoms with Crippen molar-refractivity contribution < 1.29 is 18.9 Å². The molecule has 4 nitrogen and oxygen atoms in total. The van der Waals surface area contributed by atoms with Gasteiger partial charge in [0.1, 0.15) is 0 Å². The monoisotopic (exact) mass is 438 g/mol. The van der Waals surface area contributed by atoms with Crippen LogP contribution in [0.5, 0.6) is 0 Å². The number of hydrogen-bond donors (Lipinski definition) is 0. The highest BCUT2D eigenvalue weighted by Gasteiger charge is 2.02. The van der Waals surface area contributed by atoms with Gasteiger partial charge >= 0.3 is 0 Å². The van der Waals surface area contributed by atoms with E-state index in [9.17, 15) is 14.4 Å². The fourth-order valence-electron chi connectivity index (χ4n) is 3.11. The predicted molar refractivity (Wildman–Crippen MR) is 125 cm³/mol. The van der Waals surface area contributed by atoms with E-state index >= 15 is 0 Å². The molecule has 0 aromatic carbocycles. The number of rotatable bonds is 16. The summed E-state index contributed by atoms with van der Waals surface area (Å²) < 4.78 is 14.7. The highest BCUT2D eigenvalue weighted by atomic mass is 31.2. The topological polar surface area (TPSA) is 72.4 Å². The molecule has 0 aliphatic heterocycles. The van der Waals surface area contributed by atoms with Crippen molar-refractivity contribution in [3.63, 3.8) is 0 Å². The maximum atomic E-state index is 10.4. The van der Waals surface area contributed by atoms with Gasteiger partial charge in [-0.2, -0.15) is 0 Å². The maximum Gasteiger partial charge on any atom is 0.0596 e. The smallest absolute Gasteiger partial charge is 0.0596 e. The first-order valence-electron chi connectivity index (χ1n) is 11.3. The molecule has 0 rings (SSSR count). The van der Waals surface area contributed by atoms with Crippen molar-refractivity contribution in [2.24, 2.45) is 5.92 Å². The molecule has 0 amide bonds. The number of phosphoric ester groups is 1. The molecule has 0 aliphatic carbocycles. The van der Waals surface area contributed by atoms with Gasteiger partial charge in [-0.1, -0.05) is 53.5 Å². The van der Waals surface area contributed by atoms with E-state index in [1.165, 1.54) is 22.3 Å². The molecule has 0 aromatic heterocycles. The zero-order chi connectivity index (χ0) is 23.0. The molecule has 0 aliphatic rings. The molecule has 5 heteroatoms. The Hall–Kier alpha value is -0.930. The molecule has 0 aromatic rings. The predicted octanol–water partition coefficient (Wildman–Crippen LogP) is 6.78. The van der Waals surface area contributed by atoms with Gasteiger partial charge in [0.2, 0.25) is 0 Å². The molecule has 0 bridgehead atoms. The van der Waals surface area contributed by atoms with Crippen LogP contribution in [0.2, 0.25) is 0 Å². The number of allylic oxidation sites excluding steroid dienone is 8. The van der Waals surface area contributed by atoms with Crippen molar-refractivity contribution in [3.05, 3.63) is 46.6 Å². The zero-order valence-electron chi connectivity index (χ0n) is 20.0. The van der Waals surface area contributed by atoms with Crippen molar-refractivity contribution in [2.45, 2.75) is 99.3 Å². The first-order chi connectivity index (χ1) is 14.0. The molecule has 0 unspecified atom stereocenters. The number of phosphoric acid groups is 1. The van der Waals surface area contributed by atoms with Crippen LogP contribution in [0.4, 0.5) is 0 Å². The third-order valence-corrected chi connectivity index (χ3v) is 5.67. The van der Waals surface area contributed by atoms with Gasteiger partial charge in [0.05, 0.1) is 14.4 Å². The zero-order valence-corrected chi connectivity index (χ0v) is 20.9. The van der Waals surface area contributed by atoms with Gasteiger partial charge in [-0.3, -0.25) is 0 Å². The van der Waals surface area contributed by atoms with Crippen molar-refractivity contribution in [1.82, 2.24) is 0 Å². The summed E-state index contributed by atoms with van der Waals surface area (Å²) in [5, 5.41) is 0. The third kappa shape index (κ3) is 20.3. The molecule has 1 atom stereocenters. The van der Waals surface area contributed by atoms with Crippen molar-refractivity contribution in [1.29, 1.82) is 0 Å². The van der Waals surface area contributed by atoms with Crippen molar-refractivity contribution in [3.8, 4) is 0 Å². The fourth-order valence-corrected chi connectivity index (χ4v) is 3.44. The molecule has 0 N–H and O–H groups in total. The molecule has 0 spiro atoms. The number of hydrogen-bond acceptors (Lipinski definition) is 4. The molecule has 0 heterocycles. The molecular weight excluding hydrogens is 395 g/mol. The lowest BCUT2D eigenvalue weighted by atomic mass is 10.0. The molecule has 30 heavy (non-hydrogen) atoms. The molecule has 0 saturated heterocycles. The van der Waals surface area contributed by atoms with Gasteiger partial charge in [-0.05, 0) is 98.3 Å². The Morgan fingerprint density at radius 1 is 0.767 bits per heavy atom. The van der Waals surface area contributed by atoms with Gasteiger partial charge in [0, 0.05) is 0 Å². The quantitative estimate of drug-likeness (QED) is 0.197. The summed E-state index contributed by atoms with van der Waals surface area (Å²) >= 11 is 0. The summed E-state index contributed by atoms with van der Waals surface area (Å²) in [6.07, 6.45) is 18.5. The summed E-state index contributed by atoms with van der Waals surface area (Å²) in [5.74, 6) is 0.335. The highest BCUT2D eigenvalue weighted by molar-refractivity contribution is 7.43. The minimum Gasteiger partial charge on any atom is -0.790 e. The van der Waals surface area contributed by atoms with E-state index in [4.69, 9.17) is 0 Å². The van der Waals surface area contributed by atoms with Crippen molar-refractivity contribution in [2.75, 3.05) is 6.61 Å². The van der Waals surface area contributed by atoms with Crippen molar-refractivity contribution >= 4 is 7.82 Å². The molecule has 0 radical (unpaired) electrons. The minimum atomic E-state index is -4.83. The first-order valence-corrected chi connectivity index (χ1v) is 12.7. The Kier molecular flexibility index (Phi) is 16.2. The molecular formula is C25H43O4P-2. The van der Waals surface area contributed by atoms with E-state index in [1.54, 1.807) is 0 Å². The molecule has 0 fully saturated rings. The second-order valence-electron chi connectivity index (χ2n) is 8.80. The molecule has 0 saturated carbocycles. The Bertz CT molecular complexity index is 634. The Morgan fingerprint density at radius 3 is 1.63 bits per heavy atom. The summed E-state index contributed by atoms with van der Waals surface area (Å²) in [4.78, 5) is 20.9. The Labute approximate surface area is 185 Å². The van der Waals surface area contributed by atoms with Gasteiger partial charge in [-0.15, -0.1) is 0 Å². The van der Waals surface area contributed by atoms with Crippen LogP contribution in [0.25, 0.3) is 0 Å². The van der Waals surface area contributed by atoms with Gasteiger partial charge < -0.3 is 18.9 Å². The summed E-state index contributed by atoms with van der Waals surface area (Å²) in [6.45, 7) is 13.0. The second kappa shape index (κ2) is 16.7. The van der Waals surface area contributed by atoms with Crippen LogP contribution in [0.1, 0.15) is 99.3 Å². The van der Waals surface area contributed by atoms with Crippen LogP contribution >= 0.6 is 7.82 Å². The summed E-state index contributed by atoms with van der Waals surface area (Å²) in [6, 6.07) is 0. The lowest BCUT2D eigenvalue weighted by Crippen LogP contribution is -2.17. The minimum absolute atomic E-state index is 0.0115. The van der Waals surface area contributed by atoms with E-state index in [0.717, 1.165) is 51.4 Å². The standard InChI is InChI=1S/C25H45O4P/c1-21(2)11-7-12-22(3)13-8-14-23(4)15-9-16-24(5)17-10-18-25(6)19-20-29-30(26,27)28/h11,13,15,17,25H,7-10,12,14,16,18-20H2,1-6H3,(H2,26,27,28)/p-2/b22-13+,23-15+,24-17-/t25-/m0/s1. The van der Waals surface area contributed by atoms with Crippen LogP contribution < -0.4 is 9.79 Å². The van der Waals surface area contributed by atoms with E-state index in [1.807, 2.05) is 0 Å². The SMILES string of the molecule is CC(C)=CCC/C(C)=C/CC/C(C)=C/CC/C(C)=C\CC[C@H](C)CCOP(=O)([O-])[O-]. The summed E-state index contributed by atoms with van der Waals surface area (Å²) in [7, 11) is -4.83. The van der Waals surface area contributed by atoms with Crippen LogP contribution in [-0.4, -0.2) is 6.61 Å². The van der Waals surface area contributed by atoms with E-state index < -0.39 is 7.82 Å². The van der Waals surface area contributed by atoms with Gasteiger partial charge in [-0.25, -0.2) is 0 Å². The van der Waals surface area contributed by atoms with Crippen LogP contribution in [0, 0.1) is 5.92 Å². The normalized spacial score (nSPS) is 14.7. The fraction of sp³-hybridized carbons (Fsp3) is 0.680. The van der Waals surface area contributed by atoms with Crippen LogP contribution in [-0.2, 0) is 9.09 Å². The van der Waals surface area contributed by atoms with E-state index in [2.05, 4.69) is 70.4 Å². The van der Waals surface area contributed by atoms with Gasteiger partial charge in [0.15, 0.2) is 0 Å². The highest BCUT2D eigenvalue weighted by Crippen LogP contribution is 2.25. The Balaban J connectivity index is 4.00. The summed E-state index contributed by atoms with van der Waals surface area (Å²) in [5.41, 5.74) is 5.72. The average molecular weight is 439 g/mol. The van der Waals surface area contributed by atoms with Gasteiger partial charge in [0.25, 0.3) is 0 Å². The average Bonchev–Trinajstić information content (AvgIpc) is 2.60. The maximum absolute atomic E-state index is 10.4.